The van der Waals surface area contributed by atoms with Gasteiger partial charge >= 0.3 is 5.97 Å². The molecule has 0 bridgehead atoms. The first-order chi connectivity index (χ1) is 9.26. The van der Waals surface area contributed by atoms with Crippen molar-refractivity contribution in [1.82, 2.24) is 4.98 Å². The highest BCUT2D eigenvalue weighted by molar-refractivity contribution is 5.86. The zero-order valence-electron chi connectivity index (χ0n) is 12.1. The summed E-state index contributed by atoms with van der Waals surface area (Å²) in [6.45, 7) is 5.33. The molecule has 0 fully saturated rings. The van der Waals surface area contributed by atoms with Gasteiger partial charge in [-0.2, -0.15) is 4.91 Å². The van der Waals surface area contributed by atoms with E-state index < -0.39 is 11.6 Å². The van der Waals surface area contributed by atoms with Gasteiger partial charge in [-0.25, -0.2) is 4.79 Å². The van der Waals surface area contributed by atoms with Gasteiger partial charge in [0.05, 0.1) is 17.2 Å². The van der Waals surface area contributed by atoms with E-state index in [4.69, 9.17) is 5.11 Å². The van der Waals surface area contributed by atoms with E-state index in [0.717, 1.165) is 19.3 Å². The van der Waals surface area contributed by atoms with Crippen LogP contribution in [0, 0.1) is 4.91 Å². The summed E-state index contributed by atoms with van der Waals surface area (Å²) in [7, 11) is 0. The van der Waals surface area contributed by atoms with Gasteiger partial charge in [0.2, 0.25) is 0 Å². The molecular formula is C14H22N2O4. The zero-order chi connectivity index (χ0) is 15.6. The molecule has 6 nitrogen and oxygen atoms in total. The first kappa shape index (κ1) is 18.2. The average molecular weight is 282 g/mol. The number of aromatic carboxylic acids is 1. The van der Waals surface area contributed by atoms with Crippen LogP contribution in [0.3, 0.4) is 0 Å². The lowest BCUT2D eigenvalue weighted by Crippen LogP contribution is -2.18. The largest absolute Gasteiger partial charge is 0.478 e. The lowest BCUT2D eigenvalue weighted by molar-refractivity contribution is 0.0675. The van der Waals surface area contributed by atoms with Crippen LogP contribution in [-0.2, 0) is 0 Å². The third-order valence-corrected chi connectivity index (χ3v) is 2.50. The molecule has 1 aromatic heterocycles. The third kappa shape index (κ3) is 10.1. The van der Waals surface area contributed by atoms with Crippen LogP contribution in [0.25, 0.3) is 0 Å². The van der Waals surface area contributed by atoms with Crippen LogP contribution in [0.4, 0.5) is 0 Å². The highest BCUT2D eigenvalue weighted by Gasteiger charge is 2.12. The Morgan fingerprint density at radius 2 is 2.15 bits per heavy atom. The number of carboxylic acid groups (broad SMARTS) is 1. The Morgan fingerprint density at radius 1 is 1.50 bits per heavy atom. The van der Waals surface area contributed by atoms with Gasteiger partial charge in [-0.15, -0.1) is 0 Å². The van der Waals surface area contributed by atoms with Crippen LogP contribution >= 0.6 is 0 Å². The number of carboxylic acids is 1. The highest BCUT2D eigenvalue weighted by atomic mass is 16.4. The molecule has 1 rings (SSSR count). The van der Waals surface area contributed by atoms with Crippen LogP contribution in [0.15, 0.2) is 29.7 Å². The third-order valence-electron chi connectivity index (χ3n) is 2.50. The van der Waals surface area contributed by atoms with Crippen molar-refractivity contribution in [3.63, 3.8) is 0 Å². The molecule has 1 atom stereocenters. The maximum atomic E-state index is 10.2. The molecule has 1 unspecified atom stereocenters. The second kappa shape index (κ2) is 9.14. The Morgan fingerprint density at radius 3 is 2.50 bits per heavy atom. The van der Waals surface area contributed by atoms with E-state index in [1.54, 1.807) is 26.8 Å². The Balaban J connectivity index is 0.000000367. The molecule has 0 amide bonds. The van der Waals surface area contributed by atoms with E-state index in [-0.39, 0.29) is 11.6 Å². The van der Waals surface area contributed by atoms with Crippen molar-refractivity contribution in [2.75, 3.05) is 0 Å². The van der Waals surface area contributed by atoms with E-state index >= 15 is 0 Å². The molecule has 112 valence electrons. The molecule has 0 spiro atoms. The maximum absolute atomic E-state index is 10.2. The standard InChI is InChI=1S/C8H17NO2.C6H5NO2/c1-7(9-11)5-4-6-8(2,3)10;8-6(9)5-2-1-3-7-4-5/h7,10H,4-6H2,1-3H3;1-4H,(H,8,9). The van der Waals surface area contributed by atoms with Gasteiger partial charge in [-0.05, 0) is 52.2 Å². The Labute approximate surface area is 118 Å². The summed E-state index contributed by atoms with van der Waals surface area (Å²) in [5.74, 6) is -0.942. The smallest absolute Gasteiger partial charge is 0.337 e. The molecular weight excluding hydrogens is 260 g/mol. The summed E-state index contributed by atoms with van der Waals surface area (Å²) in [6, 6.07) is 2.97. The van der Waals surface area contributed by atoms with E-state index in [2.05, 4.69) is 10.2 Å². The molecule has 0 saturated carbocycles. The van der Waals surface area contributed by atoms with E-state index in [9.17, 15) is 14.8 Å². The molecule has 6 heteroatoms. The number of rotatable bonds is 6. The molecule has 0 aromatic carbocycles. The first-order valence-corrected chi connectivity index (χ1v) is 6.44. The van der Waals surface area contributed by atoms with Gasteiger partial charge in [-0.3, -0.25) is 4.98 Å². The number of nitroso groups, excluding NO2 is 1. The van der Waals surface area contributed by atoms with Crippen molar-refractivity contribution in [1.29, 1.82) is 0 Å². The molecule has 0 saturated heterocycles. The SMILES string of the molecule is CC(CCCC(C)(C)O)N=O.O=C(O)c1cccnc1. The van der Waals surface area contributed by atoms with E-state index in [0.29, 0.717) is 0 Å². The molecule has 20 heavy (non-hydrogen) atoms. The van der Waals surface area contributed by atoms with Crippen molar-refractivity contribution >= 4 is 5.97 Å². The number of hydrogen-bond acceptors (Lipinski definition) is 5. The van der Waals surface area contributed by atoms with Crippen molar-refractivity contribution in [3.8, 4) is 0 Å². The second-order valence-corrected chi connectivity index (χ2v) is 5.21. The Hall–Kier alpha value is -1.82. The fourth-order valence-electron chi connectivity index (χ4n) is 1.37. The minimum atomic E-state index is -0.942. The summed E-state index contributed by atoms with van der Waals surface area (Å²) in [4.78, 5) is 23.7. The van der Waals surface area contributed by atoms with Crippen molar-refractivity contribution < 1.29 is 15.0 Å². The number of aromatic nitrogens is 1. The Bertz CT molecular complexity index is 401. The zero-order valence-corrected chi connectivity index (χ0v) is 12.1. The van der Waals surface area contributed by atoms with Gasteiger partial charge in [0.15, 0.2) is 0 Å². The number of carbonyl (C=O) groups is 1. The molecule has 0 aliphatic carbocycles. The lowest BCUT2D eigenvalue weighted by atomic mass is 10.00. The first-order valence-electron chi connectivity index (χ1n) is 6.44. The van der Waals surface area contributed by atoms with Crippen LogP contribution in [-0.4, -0.2) is 32.8 Å². The normalized spacial score (nSPS) is 12.0. The molecule has 0 aliphatic heterocycles. The minimum absolute atomic E-state index is 0.114. The Kier molecular flexibility index (Phi) is 8.31. The maximum Gasteiger partial charge on any atom is 0.337 e. The molecule has 0 radical (unpaired) electrons. The van der Waals surface area contributed by atoms with Crippen molar-refractivity contribution in [2.24, 2.45) is 5.18 Å². The van der Waals surface area contributed by atoms with Gasteiger partial charge in [0.1, 0.15) is 0 Å². The summed E-state index contributed by atoms with van der Waals surface area (Å²) in [6.07, 6.45) is 5.20. The molecule has 1 heterocycles. The molecule has 1 aromatic rings. The lowest BCUT2D eigenvalue weighted by Gasteiger charge is -2.16. The summed E-state index contributed by atoms with van der Waals surface area (Å²) < 4.78 is 0. The quantitative estimate of drug-likeness (QED) is 0.781. The average Bonchev–Trinajstić information content (AvgIpc) is 2.38. The van der Waals surface area contributed by atoms with Gasteiger partial charge in [-0.1, -0.05) is 5.18 Å². The van der Waals surface area contributed by atoms with E-state index in [1.165, 1.54) is 18.5 Å². The fraction of sp³-hybridized carbons (Fsp3) is 0.571. The number of hydrogen-bond donors (Lipinski definition) is 2. The van der Waals surface area contributed by atoms with Gasteiger partial charge in [0, 0.05) is 12.4 Å². The number of nitrogens with zero attached hydrogens (tertiary/aromatic N) is 2. The second-order valence-electron chi connectivity index (χ2n) is 5.21. The molecule has 2 N–H and O–H groups in total. The summed E-state index contributed by atoms with van der Waals surface area (Å²) >= 11 is 0. The minimum Gasteiger partial charge on any atom is -0.478 e. The van der Waals surface area contributed by atoms with Crippen molar-refractivity contribution in [3.05, 3.63) is 35.0 Å². The highest BCUT2D eigenvalue weighted by Crippen LogP contribution is 2.13. The monoisotopic (exact) mass is 282 g/mol. The summed E-state index contributed by atoms with van der Waals surface area (Å²) in [5.41, 5.74) is -0.389. The number of pyridine rings is 1. The van der Waals surface area contributed by atoms with Gasteiger partial charge < -0.3 is 10.2 Å². The molecule has 0 aliphatic rings. The van der Waals surface area contributed by atoms with Crippen molar-refractivity contribution in [2.45, 2.75) is 51.7 Å². The fourth-order valence-corrected chi connectivity index (χ4v) is 1.37. The summed E-state index contributed by atoms with van der Waals surface area (Å²) in [5, 5.41) is 20.5. The van der Waals surface area contributed by atoms with Crippen LogP contribution in [0.2, 0.25) is 0 Å². The van der Waals surface area contributed by atoms with Crippen LogP contribution < -0.4 is 0 Å². The van der Waals surface area contributed by atoms with Crippen LogP contribution in [0.5, 0.6) is 0 Å². The number of aliphatic hydroxyl groups is 1. The topological polar surface area (TPSA) is 99.9 Å². The van der Waals surface area contributed by atoms with Crippen LogP contribution in [0.1, 0.15) is 50.4 Å². The van der Waals surface area contributed by atoms with E-state index in [1.807, 2.05) is 0 Å². The predicted octanol–water partition coefficient (Wildman–Crippen LogP) is 2.86. The van der Waals surface area contributed by atoms with Gasteiger partial charge in [0.25, 0.3) is 0 Å². The predicted molar refractivity (Wildman–Crippen MR) is 76.6 cm³/mol.